The number of hydrogen-bond donors (Lipinski definition) is 0. The smallest absolute Gasteiger partial charge is 0.0701 e. The summed E-state index contributed by atoms with van der Waals surface area (Å²) in [5.41, 5.74) is 0. The molecule has 0 fully saturated rings. The molecule has 0 N–H and O–H groups in total. The maximum absolute atomic E-state index is 5.46. The molecule has 0 aliphatic carbocycles. The van der Waals surface area contributed by atoms with Gasteiger partial charge in [-0.05, 0) is 24.7 Å². The van der Waals surface area contributed by atoms with E-state index in [4.69, 9.17) is 14.2 Å². The van der Waals surface area contributed by atoms with E-state index in [9.17, 15) is 0 Å². The molecule has 0 aliphatic rings. The molecular weight excluding hydrogens is 216 g/mol. The summed E-state index contributed by atoms with van der Waals surface area (Å²) >= 11 is 0. The minimum absolute atomic E-state index is 0.597. The minimum Gasteiger partial charge on any atom is -0.379 e. The van der Waals surface area contributed by atoms with E-state index in [2.05, 4.69) is 27.7 Å². The van der Waals surface area contributed by atoms with E-state index in [1.54, 1.807) is 0 Å². The van der Waals surface area contributed by atoms with E-state index < -0.39 is 0 Å². The molecule has 0 aromatic carbocycles. The molecule has 0 aromatic rings. The molecule has 0 unspecified atom stereocenters. The maximum atomic E-state index is 5.46. The molecular formula is C14H30O3. The molecule has 0 saturated carbocycles. The first-order chi connectivity index (χ1) is 8.13. The Morgan fingerprint density at radius 2 is 1.18 bits per heavy atom. The van der Waals surface area contributed by atoms with Gasteiger partial charge in [-0.3, -0.25) is 0 Å². The molecule has 0 aromatic heterocycles. The number of rotatable bonds is 12. The van der Waals surface area contributed by atoms with Crippen molar-refractivity contribution in [3.63, 3.8) is 0 Å². The van der Waals surface area contributed by atoms with Crippen LogP contribution in [0.25, 0.3) is 0 Å². The van der Waals surface area contributed by atoms with Crippen molar-refractivity contribution in [1.82, 2.24) is 0 Å². The summed E-state index contributed by atoms with van der Waals surface area (Å²) in [5.74, 6) is 1.37. The van der Waals surface area contributed by atoms with Gasteiger partial charge in [0, 0.05) is 13.2 Å². The van der Waals surface area contributed by atoms with E-state index in [1.165, 1.54) is 6.42 Å². The SMILES string of the molecule is CC(C)CCCOCCOCCOCC(C)C. The van der Waals surface area contributed by atoms with Crippen molar-refractivity contribution in [3.8, 4) is 0 Å². The van der Waals surface area contributed by atoms with Crippen LogP contribution < -0.4 is 0 Å². The van der Waals surface area contributed by atoms with Gasteiger partial charge in [-0.25, -0.2) is 0 Å². The second-order valence-corrected chi connectivity index (χ2v) is 5.23. The van der Waals surface area contributed by atoms with E-state index in [0.29, 0.717) is 32.3 Å². The zero-order valence-corrected chi connectivity index (χ0v) is 12.0. The third-order valence-electron chi connectivity index (χ3n) is 2.27. The third-order valence-corrected chi connectivity index (χ3v) is 2.27. The fourth-order valence-electron chi connectivity index (χ4n) is 1.35. The summed E-state index contributed by atoms with van der Waals surface area (Å²) in [7, 11) is 0. The van der Waals surface area contributed by atoms with E-state index in [0.717, 1.165) is 25.6 Å². The van der Waals surface area contributed by atoms with Gasteiger partial charge in [-0.2, -0.15) is 0 Å². The Hall–Kier alpha value is -0.120. The maximum Gasteiger partial charge on any atom is 0.0701 e. The molecule has 0 bridgehead atoms. The number of ether oxygens (including phenoxy) is 3. The van der Waals surface area contributed by atoms with Crippen LogP contribution in [0.3, 0.4) is 0 Å². The molecule has 0 heterocycles. The van der Waals surface area contributed by atoms with Gasteiger partial charge in [0.05, 0.1) is 26.4 Å². The minimum atomic E-state index is 0.597. The van der Waals surface area contributed by atoms with E-state index in [-0.39, 0.29) is 0 Å². The van der Waals surface area contributed by atoms with Crippen LogP contribution in [0.2, 0.25) is 0 Å². The molecule has 0 radical (unpaired) electrons. The predicted octanol–water partition coefficient (Wildman–Crippen LogP) is 3.13. The summed E-state index contributed by atoms with van der Waals surface area (Å²) in [6.07, 6.45) is 2.39. The molecule has 3 heteroatoms. The number of hydrogen-bond acceptors (Lipinski definition) is 3. The average Bonchev–Trinajstić information content (AvgIpc) is 2.25. The highest BCUT2D eigenvalue weighted by atomic mass is 16.5. The lowest BCUT2D eigenvalue weighted by Gasteiger charge is -2.08. The molecule has 0 spiro atoms. The summed E-state index contributed by atoms with van der Waals surface area (Å²) in [6, 6.07) is 0. The Labute approximate surface area is 107 Å². The zero-order chi connectivity index (χ0) is 12.9. The van der Waals surface area contributed by atoms with Crippen LogP contribution in [0.15, 0.2) is 0 Å². The normalized spacial score (nSPS) is 11.6. The molecule has 0 rings (SSSR count). The third kappa shape index (κ3) is 15.9. The lowest BCUT2D eigenvalue weighted by Crippen LogP contribution is -2.11. The summed E-state index contributed by atoms with van der Waals surface area (Å²) < 4.78 is 16.3. The van der Waals surface area contributed by atoms with Gasteiger partial charge in [0.15, 0.2) is 0 Å². The lowest BCUT2D eigenvalue weighted by atomic mass is 10.1. The second kappa shape index (κ2) is 12.3. The molecule has 104 valence electrons. The van der Waals surface area contributed by atoms with Crippen LogP contribution in [-0.4, -0.2) is 39.6 Å². The van der Waals surface area contributed by atoms with Crippen LogP contribution in [-0.2, 0) is 14.2 Å². The zero-order valence-electron chi connectivity index (χ0n) is 12.0. The monoisotopic (exact) mass is 246 g/mol. The van der Waals surface area contributed by atoms with Crippen molar-refractivity contribution in [2.75, 3.05) is 39.6 Å². The van der Waals surface area contributed by atoms with Crippen molar-refractivity contribution >= 4 is 0 Å². The highest BCUT2D eigenvalue weighted by Gasteiger charge is 1.95. The summed E-state index contributed by atoms with van der Waals surface area (Å²) in [4.78, 5) is 0. The standard InChI is InChI=1S/C14H30O3/c1-13(2)6-5-7-15-8-9-16-10-11-17-12-14(3)4/h13-14H,5-12H2,1-4H3. The first-order valence-electron chi connectivity index (χ1n) is 6.86. The van der Waals surface area contributed by atoms with Gasteiger partial charge in [0.1, 0.15) is 0 Å². The molecule has 17 heavy (non-hydrogen) atoms. The fraction of sp³-hybridized carbons (Fsp3) is 1.00. The van der Waals surface area contributed by atoms with Crippen molar-refractivity contribution in [2.24, 2.45) is 11.8 Å². The molecule has 0 atom stereocenters. The van der Waals surface area contributed by atoms with Gasteiger partial charge in [-0.15, -0.1) is 0 Å². The van der Waals surface area contributed by atoms with Crippen LogP contribution in [0.4, 0.5) is 0 Å². The van der Waals surface area contributed by atoms with Crippen LogP contribution >= 0.6 is 0 Å². The first-order valence-corrected chi connectivity index (χ1v) is 6.86. The Morgan fingerprint density at radius 3 is 1.71 bits per heavy atom. The average molecular weight is 246 g/mol. The van der Waals surface area contributed by atoms with Gasteiger partial charge >= 0.3 is 0 Å². The Bertz CT molecular complexity index is 130. The van der Waals surface area contributed by atoms with Crippen molar-refractivity contribution in [1.29, 1.82) is 0 Å². The van der Waals surface area contributed by atoms with Crippen molar-refractivity contribution in [2.45, 2.75) is 40.5 Å². The fourth-order valence-corrected chi connectivity index (χ4v) is 1.35. The highest BCUT2D eigenvalue weighted by molar-refractivity contribution is 4.44. The molecule has 3 nitrogen and oxygen atoms in total. The van der Waals surface area contributed by atoms with Crippen LogP contribution in [0.1, 0.15) is 40.5 Å². The molecule has 0 saturated heterocycles. The van der Waals surface area contributed by atoms with E-state index in [1.807, 2.05) is 0 Å². The summed E-state index contributed by atoms with van der Waals surface area (Å²) in [5, 5.41) is 0. The van der Waals surface area contributed by atoms with Crippen molar-refractivity contribution < 1.29 is 14.2 Å². The summed E-state index contributed by atoms with van der Waals surface area (Å²) in [6.45, 7) is 13.2. The lowest BCUT2D eigenvalue weighted by molar-refractivity contribution is 0.00877. The Morgan fingerprint density at radius 1 is 0.647 bits per heavy atom. The molecule has 0 amide bonds. The van der Waals surface area contributed by atoms with Gasteiger partial charge < -0.3 is 14.2 Å². The topological polar surface area (TPSA) is 27.7 Å². The quantitative estimate of drug-likeness (QED) is 0.495. The van der Waals surface area contributed by atoms with Gasteiger partial charge in [0.2, 0.25) is 0 Å². The van der Waals surface area contributed by atoms with E-state index >= 15 is 0 Å². The molecule has 0 aliphatic heterocycles. The first kappa shape index (κ1) is 16.9. The Kier molecular flexibility index (Phi) is 12.3. The van der Waals surface area contributed by atoms with Gasteiger partial charge in [0.25, 0.3) is 0 Å². The van der Waals surface area contributed by atoms with Gasteiger partial charge in [-0.1, -0.05) is 27.7 Å². The Balaban J connectivity index is 2.94. The van der Waals surface area contributed by atoms with Crippen LogP contribution in [0.5, 0.6) is 0 Å². The van der Waals surface area contributed by atoms with Crippen molar-refractivity contribution in [3.05, 3.63) is 0 Å². The predicted molar refractivity (Wildman–Crippen MR) is 71.4 cm³/mol. The second-order valence-electron chi connectivity index (χ2n) is 5.23. The van der Waals surface area contributed by atoms with Crippen LogP contribution in [0, 0.1) is 11.8 Å². The largest absolute Gasteiger partial charge is 0.379 e. The highest BCUT2D eigenvalue weighted by Crippen LogP contribution is 2.02.